The summed E-state index contributed by atoms with van der Waals surface area (Å²) in [5.74, 6) is 1.11. The molecule has 1 aromatic carbocycles. The van der Waals surface area contributed by atoms with E-state index in [-0.39, 0.29) is 36.6 Å². The van der Waals surface area contributed by atoms with Crippen molar-refractivity contribution in [2.24, 2.45) is 5.92 Å². The van der Waals surface area contributed by atoms with Crippen molar-refractivity contribution in [1.29, 1.82) is 0 Å². The first-order valence-corrected chi connectivity index (χ1v) is 9.58. The van der Waals surface area contributed by atoms with Crippen LogP contribution in [-0.2, 0) is 9.59 Å². The summed E-state index contributed by atoms with van der Waals surface area (Å²) in [5, 5.41) is 3.27. The van der Waals surface area contributed by atoms with Crippen molar-refractivity contribution in [3.05, 3.63) is 12.1 Å². The van der Waals surface area contributed by atoms with E-state index in [2.05, 4.69) is 5.32 Å². The van der Waals surface area contributed by atoms with E-state index in [9.17, 15) is 9.59 Å². The zero-order valence-electron chi connectivity index (χ0n) is 17.4. The zero-order valence-corrected chi connectivity index (χ0v) is 18.2. The topological polar surface area (TPSA) is 80.3 Å². The van der Waals surface area contributed by atoms with Gasteiger partial charge in [0.25, 0.3) is 0 Å². The average Bonchev–Trinajstić information content (AvgIpc) is 3.13. The Bertz CT molecular complexity index is 712. The highest BCUT2D eigenvalue weighted by atomic mass is 35.5. The van der Waals surface area contributed by atoms with Gasteiger partial charge in [0.05, 0.1) is 32.9 Å². The number of piperidine rings is 1. The molecule has 2 amide bonds. The third-order valence-corrected chi connectivity index (χ3v) is 5.65. The summed E-state index contributed by atoms with van der Waals surface area (Å²) in [6, 6.07) is 3.94. The molecule has 2 aliphatic rings. The Morgan fingerprint density at radius 3 is 2.14 bits per heavy atom. The van der Waals surface area contributed by atoms with Crippen LogP contribution in [0.5, 0.6) is 17.2 Å². The number of benzene rings is 1. The molecule has 0 aromatic heterocycles. The number of methoxy groups -OCH3 is 3. The third kappa shape index (κ3) is 4.70. The molecule has 0 radical (unpaired) electrons. The molecule has 2 saturated heterocycles. The summed E-state index contributed by atoms with van der Waals surface area (Å²) in [5.41, 5.74) is 0.642. The van der Waals surface area contributed by atoms with Crippen molar-refractivity contribution in [3.8, 4) is 17.2 Å². The van der Waals surface area contributed by atoms with Crippen molar-refractivity contribution in [3.63, 3.8) is 0 Å². The van der Waals surface area contributed by atoms with Crippen LogP contribution in [0.1, 0.15) is 19.3 Å². The van der Waals surface area contributed by atoms with Gasteiger partial charge in [0.1, 0.15) is 0 Å². The van der Waals surface area contributed by atoms with Crippen molar-refractivity contribution in [1.82, 2.24) is 10.2 Å². The molecule has 2 fully saturated rings. The minimum atomic E-state index is -0.322. The van der Waals surface area contributed by atoms with Gasteiger partial charge in [0, 0.05) is 44.2 Å². The van der Waals surface area contributed by atoms with Crippen molar-refractivity contribution < 1.29 is 23.8 Å². The Labute approximate surface area is 177 Å². The summed E-state index contributed by atoms with van der Waals surface area (Å²) in [6.07, 6.45) is 2.11. The van der Waals surface area contributed by atoms with Gasteiger partial charge < -0.3 is 29.3 Å². The summed E-state index contributed by atoms with van der Waals surface area (Å²) in [6.45, 7) is 1.83. The summed E-state index contributed by atoms with van der Waals surface area (Å²) in [4.78, 5) is 29.1. The normalized spacial score (nSPS) is 19.7. The van der Waals surface area contributed by atoms with Gasteiger partial charge in [0.15, 0.2) is 11.5 Å². The number of nitrogens with one attached hydrogen (secondary N) is 1. The number of ether oxygens (including phenoxy) is 3. The second kappa shape index (κ2) is 10.0. The maximum absolute atomic E-state index is 12.9. The number of halogens is 1. The quantitative estimate of drug-likeness (QED) is 0.744. The predicted octanol–water partition coefficient (Wildman–Crippen LogP) is 1.70. The molecule has 29 heavy (non-hydrogen) atoms. The van der Waals surface area contributed by atoms with Crippen LogP contribution in [0.25, 0.3) is 0 Å². The highest BCUT2D eigenvalue weighted by molar-refractivity contribution is 6.00. The van der Waals surface area contributed by atoms with E-state index in [1.165, 1.54) is 21.3 Å². The van der Waals surface area contributed by atoms with Gasteiger partial charge in [-0.25, -0.2) is 0 Å². The summed E-state index contributed by atoms with van der Waals surface area (Å²) in [7, 11) is 6.56. The molecule has 0 bridgehead atoms. The first-order valence-electron chi connectivity index (χ1n) is 9.58. The first kappa shape index (κ1) is 23.1. The third-order valence-electron chi connectivity index (χ3n) is 5.65. The van der Waals surface area contributed by atoms with Gasteiger partial charge in [-0.05, 0) is 19.9 Å². The molecule has 2 heterocycles. The Kier molecular flexibility index (Phi) is 7.98. The molecule has 0 saturated carbocycles. The lowest BCUT2D eigenvalue weighted by Gasteiger charge is -2.33. The first-order chi connectivity index (χ1) is 13.5. The number of anilines is 1. The van der Waals surface area contributed by atoms with Crippen LogP contribution >= 0.6 is 12.4 Å². The number of likely N-dealkylation sites (tertiary alicyclic amines) is 1. The number of nitrogens with zero attached hydrogens (tertiary/aromatic N) is 2. The molecular formula is C20H30ClN3O5. The Hall–Kier alpha value is -2.19. The maximum atomic E-state index is 12.9. The van der Waals surface area contributed by atoms with Crippen LogP contribution < -0.4 is 24.4 Å². The van der Waals surface area contributed by atoms with Crippen molar-refractivity contribution >= 4 is 29.9 Å². The van der Waals surface area contributed by atoms with Gasteiger partial charge >= 0.3 is 0 Å². The molecule has 1 unspecified atom stereocenters. The van der Waals surface area contributed by atoms with Crippen molar-refractivity contribution in [2.45, 2.75) is 25.3 Å². The fourth-order valence-corrected chi connectivity index (χ4v) is 3.99. The minimum absolute atomic E-state index is 0. The number of rotatable bonds is 6. The molecule has 2 aliphatic heterocycles. The van der Waals surface area contributed by atoms with Gasteiger partial charge in [-0.15, -0.1) is 12.4 Å². The lowest BCUT2D eigenvalue weighted by atomic mass is 10.0. The fraction of sp³-hybridized carbons (Fsp3) is 0.600. The van der Waals surface area contributed by atoms with Gasteiger partial charge in [0.2, 0.25) is 17.6 Å². The molecule has 3 rings (SSSR count). The van der Waals surface area contributed by atoms with Gasteiger partial charge in [-0.3, -0.25) is 9.59 Å². The number of carbonyl (C=O) groups is 2. The largest absolute Gasteiger partial charge is 0.493 e. The monoisotopic (exact) mass is 427 g/mol. The highest BCUT2D eigenvalue weighted by Gasteiger charge is 2.38. The fourth-order valence-electron chi connectivity index (χ4n) is 3.99. The van der Waals surface area contributed by atoms with Gasteiger partial charge in [-0.1, -0.05) is 0 Å². The van der Waals surface area contributed by atoms with Crippen LogP contribution in [0.15, 0.2) is 12.1 Å². The van der Waals surface area contributed by atoms with E-state index in [4.69, 9.17) is 14.2 Å². The second-order valence-electron chi connectivity index (χ2n) is 7.18. The Morgan fingerprint density at radius 2 is 1.66 bits per heavy atom. The van der Waals surface area contributed by atoms with Crippen LogP contribution in [0, 0.1) is 5.92 Å². The van der Waals surface area contributed by atoms with Gasteiger partial charge in [-0.2, -0.15) is 0 Å². The summed E-state index contributed by atoms with van der Waals surface area (Å²) < 4.78 is 16.1. The molecule has 0 spiro atoms. The van der Waals surface area contributed by atoms with E-state index in [0.29, 0.717) is 35.5 Å². The molecule has 1 atom stereocenters. The van der Waals surface area contributed by atoms with E-state index in [0.717, 1.165) is 25.9 Å². The van der Waals surface area contributed by atoms with E-state index < -0.39 is 0 Å². The van der Waals surface area contributed by atoms with Crippen LogP contribution in [0.3, 0.4) is 0 Å². The van der Waals surface area contributed by atoms with E-state index in [1.807, 2.05) is 11.9 Å². The number of amides is 2. The molecule has 0 aliphatic carbocycles. The maximum Gasteiger partial charge on any atom is 0.228 e. The molecule has 8 nitrogen and oxygen atoms in total. The number of carbonyl (C=O) groups excluding carboxylic acids is 2. The lowest BCUT2D eigenvalue weighted by Crippen LogP contribution is -2.46. The predicted molar refractivity (Wildman–Crippen MR) is 112 cm³/mol. The standard InChI is InChI=1S/C20H29N3O5.ClH/c1-21-14-5-7-22(8-6-14)20(25)13-9-18(24)23(12-13)15-10-16(26-2)19(28-4)17(11-15)27-3;/h10-11,13-14,21H,5-9,12H2,1-4H3;1H. The van der Waals surface area contributed by atoms with Crippen LogP contribution in [0.2, 0.25) is 0 Å². The van der Waals surface area contributed by atoms with Crippen LogP contribution in [-0.4, -0.2) is 70.8 Å². The smallest absolute Gasteiger partial charge is 0.228 e. The molecular weight excluding hydrogens is 398 g/mol. The average molecular weight is 428 g/mol. The van der Waals surface area contributed by atoms with E-state index in [1.54, 1.807) is 17.0 Å². The van der Waals surface area contributed by atoms with E-state index >= 15 is 0 Å². The number of hydrogen-bond acceptors (Lipinski definition) is 6. The molecule has 162 valence electrons. The molecule has 1 N–H and O–H groups in total. The SMILES string of the molecule is CNC1CCN(C(=O)C2CC(=O)N(c3cc(OC)c(OC)c(OC)c3)C2)CC1.Cl. The Balaban J connectivity index is 0.00000300. The summed E-state index contributed by atoms with van der Waals surface area (Å²) >= 11 is 0. The lowest BCUT2D eigenvalue weighted by molar-refractivity contribution is -0.136. The molecule has 1 aromatic rings. The number of hydrogen-bond donors (Lipinski definition) is 1. The molecule has 9 heteroatoms. The van der Waals surface area contributed by atoms with Crippen molar-refractivity contribution in [2.75, 3.05) is 52.9 Å². The zero-order chi connectivity index (χ0) is 20.3. The Morgan fingerprint density at radius 1 is 1.07 bits per heavy atom. The minimum Gasteiger partial charge on any atom is -0.493 e. The van der Waals surface area contributed by atoms with Crippen LogP contribution in [0.4, 0.5) is 5.69 Å². The highest BCUT2D eigenvalue weighted by Crippen LogP contribution is 2.42. The second-order valence-corrected chi connectivity index (χ2v) is 7.18.